The van der Waals surface area contributed by atoms with Crippen LogP contribution in [0.2, 0.25) is 0 Å². The van der Waals surface area contributed by atoms with E-state index in [0.29, 0.717) is 39.6 Å². The smallest absolute Gasteiger partial charge is 0.266 e. The Balaban J connectivity index is 1.27. The molecule has 1 atom stereocenters. The van der Waals surface area contributed by atoms with Gasteiger partial charge in [-0.3, -0.25) is 29.4 Å². The predicted octanol–water partition coefficient (Wildman–Crippen LogP) is 1.89. The van der Waals surface area contributed by atoms with Gasteiger partial charge < -0.3 is 23.7 Å². The van der Waals surface area contributed by atoms with Gasteiger partial charge in [0.15, 0.2) is 0 Å². The summed E-state index contributed by atoms with van der Waals surface area (Å²) in [4.78, 5) is 50.4. The van der Waals surface area contributed by atoms with Crippen molar-refractivity contribution >= 4 is 23.6 Å². The second-order valence-electron chi connectivity index (χ2n) is 8.71. The fraction of sp³-hybridized carbons (Fsp3) is 0.556. The van der Waals surface area contributed by atoms with E-state index < -0.39 is 29.7 Å². The van der Waals surface area contributed by atoms with Crippen LogP contribution in [0.25, 0.3) is 0 Å². The van der Waals surface area contributed by atoms with E-state index in [-0.39, 0.29) is 42.9 Å². The van der Waals surface area contributed by atoms with Crippen molar-refractivity contribution in [1.82, 2.24) is 10.2 Å². The Kier molecular flexibility index (Phi) is 12.4. The molecular weight excluding hydrogens is 496 g/mol. The molecule has 38 heavy (non-hydrogen) atoms. The molecule has 0 aromatic heterocycles. The van der Waals surface area contributed by atoms with Gasteiger partial charge in [0.1, 0.15) is 18.4 Å². The van der Waals surface area contributed by atoms with Gasteiger partial charge in [-0.05, 0) is 37.8 Å². The maximum absolute atomic E-state index is 13.0. The summed E-state index contributed by atoms with van der Waals surface area (Å²) in [5, 5.41) is 2.18. The zero-order valence-electron chi connectivity index (χ0n) is 21.6. The molecule has 1 aromatic rings. The Labute approximate surface area is 222 Å². The number of allylic oxidation sites excluding steroid dienone is 1. The number of rotatable bonds is 19. The van der Waals surface area contributed by atoms with E-state index in [4.69, 9.17) is 23.7 Å². The molecule has 0 spiro atoms. The molecule has 2 heterocycles. The van der Waals surface area contributed by atoms with E-state index in [0.717, 1.165) is 30.8 Å². The van der Waals surface area contributed by atoms with Crippen LogP contribution in [0, 0.1) is 0 Å². The molecule has 2 aliphatic rings. The molecule has 1 saturated heterocycles. The predicted molar refractivity (Wildman–Crippen MR) is 136 cm³/mol. The molecule has 1 fully saturated rings. The highest BCUT2D eigenvalue weighted by atomic mass is 16.6. The lowest BCUT2D eigenvalue weighted by Crippen LogP contribution is -2.54. The molecule has 1 aromatic carbocycles. The van der Waals surface area contributed by atoms with Gasteiger partial charge in [0.2, 0.25) is 11.8 Å². The zero-order valence-corrected chi connectivity index (χ0v) is 21.6. The minimum atomic E-state index is -1.02. The van der Waals surface area contributed by atoms with Gasteiger partial charge in [0.25, 0.3) is 11.8 Å². The average Bonchev–Trinajstić information content (AvgIpc) is 3.16. The average molecular weight is 533 g/mol. The van der Waals surface area contributed by atoms with Crippen LogP contribution in [-0.2, 0) is 28.5 Å². The summed E-state index contributed by atoms with van der Waals surface area (Å²) in [6.45, 7) is 7.63. The summed E-state index contributed by atoms with van der Waals surface area (Å²) in [6, 6.07) is 3.70. The molecule has 1 N–H and O–H groups in total. The Morgan fingerprint density at radius 1 is 0.842 bits per heavy atom. The van der Waals surface area contributed by atoms with Crippen LogP contribution in [0.4, 0.5) is 0 Å². The van der Waals surface area contributed by atoms with Crippen LogP contribution < -0.4 is 10.1 Å². The van der Waals surface area contributed by atoms with E-state index in [1.54, 1.807) is 12.1 Å². The van der Waals surface area contributed by atoms with Crippen molar-refractivity contribution in [3.8, 4) is 5.75 Å². The number of carbonyl (C=O) groups is 4. The van der Waals surface area contributed by atoms with Crippen LogP contribution in [0.15, 0.2) is 30.9 Å². The largest absolute Gasteiger partial charge is 0.490 e. The monoisotopic (exact) mass is 532 g/mol. The first-order valence-corrected chi connectivity index (χ1v) is 12.9. The second kappa shape index (κ2) is 16.0. The van der Waals surface area contributed by atoms with Crippen LogP contribution in [-0.4, -0.2) is 94.0 Å². The van der Waals surface area contributed by atoms with Gasteiger partial charge in [-0.1, -0.05) is 12.1 Å². The molecule has 2 aliphatic heterocycles. The number of amides is 4. The number of imide groups is 2. The number of benzene rings is 1. The highest BCUT2D eigenvalue weighted by molar-refractivity contribution is 6.24. The quantitative estimate of drug-likeness (QED) is 0.161. The van der Waals surface area contributed by atoms with E-state index in [9.17, 15) is 19.2 Å². The van der Waals surface area contributed by atoms with E-state index in [2.05, 4.69) is 11.9 Å². The topological polar surface area (TPSA) is 130 Å². The van der Waals surface area contributed by atoms with Crippen molar-refractivity contribution in [2.24, 2.45) is 0 Å². The minimum Gasteiger partial charge on any atom is -0.490 e. The van der Waals surface area contributed by atoms with Gasteiger partial charge in [-0.2, -0.15) is 0 Å². The fourth-order valence-corrected chi connectivity index (χ4v) is 4.07. The highest BCUT2D eigenvalue weighted by Crippen LogP contribution is 2.33. The number of unbranched alkanes of at least 4 members (excludes halogenated alkanes) is 2. The van der Waals surface area contributed by atoms with Crippen LogP contribution in [0.1, 0.15) is 52.8 Å². The summed E-state index contributed by atoms with van der Waals surface area (Å²) in [6.07, 6.45) is 5.19. The van der Waals surface area contributed by atoms with Gasteiger partial charge in [-0.15, -0.1) is 6.58 Å². The van der Waals surface area contributed by atoms with Crippen LogP contribution in [0.5, 0.6) is 5.75 Å². The maximum Gasteiger partial charge on any atom is 0.266 e. The van der Waals surface area contributed by atoms with Crippen LogP contribution in [0.3, 0.4) is 0 Å². The number of nitrogens with zero attached hydrogens (tertiary/aromatic N) is 1. The summed E-state index contributed by atoms with van der Waals surface area (Å²) < 4.78 is 27.6. The first kappa shape index (κ1) is 29.4. The molecule has 0 aliphatic carbocycles. The third-order valence-corrected chi connectivity index (χ3v) is 5.98. The Bertz CT molecular complexity index is 981. The van der Waals surface area contributed by atoms with Crippen molar-refractivity contribution < 1.29 is 42.9 Å². The normalized spacial score (nSPS) is 17.1. The standard InChI is InChI=1S/C27H36N2O9/c1-2-3-4-5-11-34-12-13-35-14-15-36-16-17-37-18-19-38-22-8-6-7-20-24(22)27(33)29(26(20)32)21-9-10-23(30)28-25(21)31/h2,6-8,21H,1,3-5,9-19H2,(H,28,30,31). The van der Waals surface area contributed by atoms with Gasteiger partial charge >= 0.3 is 0 Å². The number of hydrogen-bond acceptors (Lipinski definition) is 9. The molecule has 3 rings (SSSR count). The summed E-state index contributed by atoms with van der Waals surface area (Å²) in [5.41, 5.74) is 0.285. The van der Waals surface area contributed by atoms with Gasteiger partial charge in [0, 0.05) is 13.0 Å². The first-order valence-electron chi connectivity index (χ1n) is 12.9. The van der Waals surface area contributed by atoms with Crippen molar-refractivity contribution in [3.05, 3.63) is 42.0 Å². The van der Waals surface area contributed by atoms with E-state index in [1.807, 2.05) is 6.08 Å². The Hall–Kier alpha value is -3.12. The lowest BCUT2D eigenvalue weighted by molar-refractivity contribution is -0.136. The maximum atomic E-state index is 13.0. The lowest BCUT2D eigenvalue weighted by Gasteiger charge is -2.27. The molecule has 1 unspecified atom stereocenters. The molecule has 11 nitrogen and oxygen atoms in total. The number of ether oxygens (including phenoxy) is 5. The van der Waals surface area contributed by atoms with E-state index in [1.165, 1.54) is 6.07 Å². The molecule has 208 valence electrons. The Morgan fingerprint density at radius 2 is 1.47 bits per heavy atom. The lowest BCUT2D eigenvalue weighted by atomic mass is 10.0. The molecular formula is C27H36N2O9. The van der Waals surface area contributed by atoms with Crippen molar-refractivity contribution in [3.63, 3.8) is 0 Å². The van der Waals surface area contributed by atoms with Gasteiger partial charge in [-0.25, -0.2) is 0 Å². The molecule has 0 radical (unpaired) electrons. The van der Waals surface area contributed by atoms with Crippen molar-refractivity contribution in [2.45, 2.75) is 38.1 Å². The van der Waals surface area contributed by atoms with Crippen LogP contribution >= 0.6 is 0 Å². The number of carbonyl (C=O) groups excluding carboxylic acids is 4. The van der Waals surface area contributed by atoms with E-state index >= 15 is 0 Å². The third kappa shape index (κ3) is 8.45. The fourth-order valence-electron chi connectivity index (χ4n) is 4.07. The third-order valence-electron chi connectivity index (χ3n) is 5.98. The second-order valence-corrected chi connectivity index (χ2v) is 8.71. The molecule has 0 bridgehead atoms. The summed E-state index contributed by atoms with van der Waals surface area (Å²) >= 11 is 0. The number of piperidine rings is 1. The summed E-state index contributed by atoms with van der Waals surface area (Å²) in [7, 11) is 0. The SMILES string of the molecule is C=CCCCCOCCOCCOCCOCCOc1cccc2c1C(=O)N(C1CCC(=O)NC1=O)C2=O. The van der Waals surface area contributed by atoms with Gasteiger partial charge in [0.05, 0.1) is 57.4 Å². The highest BCUT2D eigenvalue weighted by Gasteiger charge is 2.45. The number of fused-ring (bicyclic) bond motifs is 1. The molecule has 0 saturated carbocycles. The number of hydrogen-bond donors (Lipinski definition) is 1. The first-order chi connectivity index (χ1) is 18.5. The number of nitrogens with one attached hydrogen (secondary N) is 1. The minimum absolute atomic E-state index is 0.0627. The molecule has 11 heteroatoms. The van der Waals surface area contributed by atoms with Crippen molar-refractivity contribution in [2.75, 3.05) is 59.5 Å². The summed E-state index contributed by atoms with van der Waals surface area (Å²) in [5.74, 6) is -2.01. The molecule has 4 amide bonds. The van der Waals surface area contributed by atoms with Crippen molar-refractivity contribution in [1.29, 1.82) is 0 Å². The zero-order chi connectivity index (χ0) is 27.2. The Morgan fingerprint density at radius 3 is 2.11 bits per heavy atom.